The molecule has 0 spiro atoms. The lowest BCUT2D eigenvalue weighted by molar-refractivity contribution is -0.0583. The van der Waals surface area contributed by atoms with Crippen molar-refractivity contribution in [2.24, 2.45) is 0 Å². The Balaban J connectivity index is 1.73. The van der Waals surface area contributed by atoms with Gasteiger partial charge in [-0.3, -0.25) is 4.79 Å². The topological polar surface area (TPSA) is 128 Å². The van der Waals surface area contributed by atoms with E-state index in [1.165, 1.54) is 12.1 Å². The number of aliphatic hydroxyl groups is 1. The van der Waals surface area contributed by atoms with E-state index in [-0.39, 0.29) is 41.7 Å². The van der Waals surface area contributed by atoms with Crippen molar-refractivity contribution in [1.29, 1.82) is 0 Å². The van der Waals surface area contributed by atoms with Gasteiger partial charge in [0.05, 0.1) is 34.3 Å². The van der Waals surface area contributed by atoms with E-state index in [0.717, 1.165) is 6.07 Å². The summed E-state index contributed by atoms with van der Waals surface area (Å²) >= 11 is 0. The van der Waals surface area contributed by atoms with Crippen molar-refractivity contribution < 1.29 is 26.7 Å². The molecule has 4 rings (SSSR count). The largest absolute Gasteiger partial charge is 0.390 e. The Morgan fingerprint density at radius 3 is 2.60 bits per heavy atom. The number of aromatic amines is 1. The first kappa shape index (κ1) is 24.9. The number of rotatable bonds is 6. The molecular formula is C22H24F3N5O4S. The Morgan fingerprint density at radius 1 is 1.26 bits per heavy atom. The van der Waals surface area contributed by atoms with Gasteiger partial charge in [-0.1, -0.05) is 12.1 Å². The first-order chi connectivity index (χ1) is 16.4. The maximum Gasteiger partial charge on any atom is 0.298 e. The van der Waals surface area contributed by atoms with Gasteiger partial charge in [0, 0.05) is 24.0 Å². The minimum Gasteiger partial charge on any atom is -0.390 e. The Kier molecular flexibility index (Phi) is 6.49. The van der Waals surface area contributed by atoms with Gasteiger partial charge in [0.15, 0.2) is 15.7 Å². The third-order valence-corrected chi connectivity index (χ3v) is 7.67. The number of H-pyrrole nitrogens is 1. The number of aryl methyl sites for hydroxylation is 1. The number of hydrogen-bond donors (Lipinski definition) is 3. The van der Waals surface area contributed by atoms with Crippen molar-refractivity contribution in [2.45, 2.75) is 25.8 Å². The number of aromatic nitrogens is 3. The fraction of sp³-hybridized carbons (Fsp3) is 0.409. The Bertz CT molecular complexity index is 1430. The van der Waals surface area contributed by atoms with Gasteiger partial charge in [0.25, 0.3) is 11.5 Å². The summed E-state index contributed by atoms with van der Waals surface area (Å²) in [6.07, 6.45) is 0. The molecule has 0 bridgehead atoms. The van der Waals surface area contributed by atoms with E-state index in [4.69, 9.17) is 5.11 Å². The van der Waals surface area contributed by atoms with Crippen molar-refractivity contribution in [3.8, 4) is 0 Å². The summed E-state index contributed by atoms with van der Waals surface area (Å²) < 4.78 is 66.4. The second-order valence-electron chi connectivity index (χ2n) is 8.48. The standard InChI is InChI=1S/C22H24F3N5O4S/c1-12(14-4-3-5-16(18(14)23)22(24,25)11-31)26-20-15-10-17(30-6-8-35(33,34)9-7-30)21(32)27-19(15)13(2)28-29-20/h3-5,10,12,31H,6-9,11H2,1-2H3,(H,26,29)(H,27,32)/t12-/m1/s1. The van der Waals surface area contributed by atoms with Crippen LogP contribution >= 0.6 is 0 Å². The molecule has 1 fully saturated rings. The molecule has 1 atom stereocenters. The SMILES string of the molecule is Cc1nnc(N[C@H](C)c2cccc(C(F)(F)CO)c2F)c2cc(N3CCS(=O)(=O)CC3)c(=O)[nH]c12. The lowest BCUT2D eigenvalue weighted by Crippen LogP contribution is -2.42. The number of nitrogens with zero attached hydrogens (tertiary/aromatic N) is 3. The van der Waals surface area contributed by atoms with Gasteiger partial charge < -0.3 is 20.3 Å². The molecule has 3 N–H and O–H groups in total. The number of nitrogens with one attached hydrogen (secondary N) is 2. The summed E-state index contributed by atoms with van der Waals surface area (Å²) in [6, 6.07) is 4.26. The van der Waals surface area contributed by atoms with E-state index in [1.807, 2.05) is 0 Å². The van der Waals surface area contributed by atoms with Crippen LogP contribution in [-0.2, 0) is 15.8 Å². The van der Waals surface area contributed by atoms with Crippen LogP contribution in [0.5, 0.6) is 0 Å². The third kappa shape index (κ3) is 4.82. The van der Waals surface area contributed by atoms with Crippen LogP contribution in [0.4, 0.5) is 24.7 Å². The van der Waals surface area contributed by atoms with Crippen molar-refractivity contribution in [1.82, 2.24) is 15.2 Å². The number of benzene rings is 1. The molecule has 0 saturated carbocycles. The number of anilines is 2. The minimum absolute atomic E-state index is 0.0722. The minimum atomic E-state index is -3.74. The van der Waals surface area contributed by atoms with Crippen molar-refractivity contribution in [3.05, 3.63) is 57.3 Å². The van der Waals surface area contributed by atoms with Crippen LogP contribution in [0, 0.1) is 12.7 Å². The zero-order valence-electron chi connectivity index (χ0n) is 19.0. The summed E-state index contributed by atoms with van der Waals surface area (Å²) in [7, 11) is -3.15. The number of hydrogen-bond acceptors (Lipinski definition) is 8. The van der Waals surface area contributed by atoms with Gasteiger partial charge in [-0.05, 0) is 26.0 Å². The van der Waals surface area contributed by atoms with Gasteiger partial charge in [-0.15, -0.1) is 5.10 Å². The smallest absolute Gasteiger partial charge is 0.298 e. The fourth-order valence-corrected chi connectivity index (χ4v) is 5.25. The zero-order valence-corrected chi connectivity index (χ0v) is 19.8. The van der Waals surface area contributed by atoms with Gasteiger partial charge in [0.2, 0.25) is 0 Å². The number of sulfone groups is 1. The molecule has 0 amide bonds. The molecular weight excluding hydrogens is 487 g/mol. The predicted octanol–water partition coefficient (Wildman–Crippen LogP) is 2.26. The molecule has 9 nitrogen and oxygen atoms in total. The quantitative estimate of drug-likeness (QED) is 0.460. The summed E-state index contributed by atoms with van der Waals surface area (Å²) in [5.74, 6) is -4.87. The molecule has 1 saturated heterocycles. The van der Waals surface area contributed by atoms with E-state index >= 15 is 0 Å². The summed E-state index contributed by atoms with van der Waals surface area (Å²) in [5.41, 5.74) is -0.342. The molecule has 1 aromatic carbocycles. The molecule has 0 radical (unpaired) electrons. The number of fused-ring (bicyclic) bond motifs is 1. The molecule has 3 heterocycles. The van der Waals surface area contributed by atoms with E-state index in [9.17, 15) is 26.4 Å². The van der Waals surface area contributed by atoms with Gasteiger partial charge >= 0.3 is 0 Å². The van der Waals surface area contributed by atoms with Gasteiger partial charge in [0.1, 0.15) is 18.1 Å². The maximum atomic E-state index is 14.9. The van der Waals surface area contributed by atoms with Gasteiger partial charge in [-0.25, -0.2) is 12.8 Å². The number of aliphatic hydroxyl groups excluding tert-OH is 1. The summed E-state index contributed by atoms with van der Waals surface area (Å²) in [4.78, 5) is 17.2. The van der Waals surface area contributed by atoms with Crippen molar-refractivity contribution in [2.75, 3.05) is 41.4 Å². The number of pyridine rings is 1. The predicted molar refractivity (Wildman–Crippen MR) is 125 cm³/mol. The van der Waals surface area contributed by atoms with E-state index in [2.05, 4.69) is 20.5 Å². The van der Waals surface area contributed by atoms with Crippen LogP contribution in [0.25, 0.3) is 10.9 Å². The first-order valence-corrected chi connectivity index (χ1v) is 12.7. The second-order valence-corrected chi connectivity index (χ2v) is 10.8. The molecule has 3 aromatic rings. The van der Waals surface area contributed by atoms with Crippen LogP contribution in [0.2, 0.25) is 0 Å². The zero-order chi connectivity index (χ0) is 25.5. The summed E-state index contributed by atoms with van der Waals surface area (Å²) in [5, 5.41) is 20.5. The fourth-order valence-electron chi connectivity index (χ4n) is 4.05. The molecule has 1 aliphatic heterocycles. The molecule has 0 unspecified atom stereocenters. The highest BCUT2D eigenvalue weighted by Crippen LogP contribution is 2.34. The average Bonchev–Trinajstić information content (AvgIpc) is 2.81. The second kappa shape index (κ2) is 9.11. The highest BCUT2D eigenvalue weighted by Gasteiger charge is 2.35. The van der Waals surface area contributed by atoms with Crippen molar-refractivity contribution in [3.63, 3.8) is 0 Å². The van der Waals surface area contributed by atoms with Gasteiger partial charge in [-0.2, -0.15) is 13.9 Å². The lowest BCUT2D eigenvalue weighted by Gasteiger charge is -2.28. The maximum absolute atomic E-state index is 14.9. The van der Waals surface area contributed by atoms with E-state index in [0.29, 0.717) is 16.6 Å². The van der Waals surface area contributed by atoms with E-state index in [1.54, 1.807) is 24.8 Å². The number of alkyl halides is 2. The van der Waals surface area contributed by atoms with Crippen molar-refractivity contribution >= 4 is 32.2 Å². The van der Waals surface area contributed by atoms with Crippen LogP contribution in [-0.4, -0.2) is 59.9 Å². The Hall–Kier alpha value is -3.19. The molecule has 188 valence electrons. The highest BCUT2D eigenvalue weighted by atomic mass is 32.2. The molecule has 2 aromatic heterocycles. The van der Waals surface area contributed by atoms with Crippen LogP contribution in [0.1, 0.15) is 29.8 Å². The monoisotopic (exact) mass is 511 g/mol. The highest BCUT2D eigenvalue weighted by molar-refractivity contribution is 7.91. The van der Waals surface area contributed by atoms with Crippen LogP contribution in [0.15, 0.2) is 29.1 Å². The first-order valence-electron chi connectivity index (χ1n) is 10.8. The molecule has 13 heteroatoms. The van der Waals surface area contributed by atoms with Crippen LogP contribution in [0.3, 0.4) is 0 Å². The molecule has 1 aliphatic rings. The molecule has 35 heavy (non-hydrogen) atoms. The van der Waals surface area contributed by atoms with E-state index < -0.39 is 45.3 Å². The number of halogens is 3. The summed E-state index contributed by atoms with van der Waals surface area (Å²) in [6.45, 7) is 1.98. The third-order valence-electron chi connectivity index (χ3n) is 6.06. The molecule has 0 aliphatic carbocycles. The Morgan fingerprint density at radius 2 is 1.94 bits per heavy atom. The lowest BCUT2D eigenvalue weighted by atomic mass is 10.00. The van der Waals surface area contributed by atoms with Crippen LogP contribution < -0.4 is 15.8 Å². The normalized spacial score (nSPS) is 16.9. The average molecular weight is 512 g/mol. The Labute approximate surface area is 198 Å².